The van der Waals surface area contributed by atoms with Gasteiger partial charge in [0.1, 0.15) is 5.82 Å². The molecule has 116 valence electrons. The number of benzene rings is 1. The molecule has 0 aliphatic rings. The number of carbonyl (C=O) groups excluding carboxylic acids is 1. The Kier molecular flexibility index (Phi) is 4.88. The van der Waals surface area contributed by atoms with Crippen LogP contribution < -0.4 is 10.1 Å². The second-order valence-corrected chi connectivity index (χ2v) is 4.56. The minimum atomic E-state index is -0.552. The van der Waals surface area contributed by atoms with E-state index in [-0.39, 0.29) is 17.5 Å². The summed E-state index contributed by atoms with van der Waals surface area (Å²) in [6, 6.07) is 7.63. The van der Waals surface area contributed by atoms with Crippen molar-refractivity contribution >= 4 is 11.8 Å². The molecule has 1 aromatic carbocycles. The van der Waals surface area contributed by atoms with Crippen molar-refractivity contribution in [2.24, 2.45) is 0 Å². The summed E-state index contributed by atoms with van der Waals surface area (Å²) in [4.78, 5) is 11.3. The third-order valence-corrected chi connectivity index (χ3v) is 3.10. The first-order valence-corrected chi connectivity index (χ1v) is 6.57. The van der Waals surface area contributed by atoms with Crippen LogP contribution in [0, 0.1) is 5.82 Å². The first-order chi connectivity index (χ1) is 10.5. The zero-order valence-electron chi connectivity index (χ0n) is 12.5. The van der Waals surface area contributed by atoms with Crippen LogP contribution in [0.3, 0.4) is 0 Å². The van der Waals surface area contributed by atoms with Gasteiger partial charge in [-0.2, -0.15) is 0 Å². The van der Waals surface area contributed by atoms with Crippen molar-refractivity contribution in [3.05, 3.63) is 47.4 Å². The maximum atomic E-state index is 13.7. The van der Waals surface area contributed by atoms with Gasteiger partial charge in [0, 0.05) is 0 Å². The summed E-state index contributed by atoms with van der Waals surface area (Å²) in [5.74, 6) is -0.320. The fourth-order valence-corrected chi connectivity index (χ4v) is 1.88. The summed E-state index contributed by atoms with van der Waals surface area (Å²) >= 11 is 0. The average molecular weight is 305 g/mol. The van der Waals surface area contributed by atoms with Gasteiger partial charge in [-0.1, -0.05) is 6.07 Å². The molecule has 22 heavy (non-hydrogen) atoms. The minimum Gasteiger partial charge on any atom is -0.494 e. The Hall–Kier alpha value is -2.70. The maximum absolute atomic E-state index is 13.7. The first kappa shape index (κ1) is 15.7. The van der Waals surface area contributed by atoms with E-state index in [0.717, 1.165) is 5.56 Å². The Morgan fingerprint density at radius 1 is 1.23 bits per heavy atom. The van der Waals surface area contributed by atoms with Crippen LogP contribution in [0.25, 0.3) is 0 Å². The number of aromatic nitrogens is 2. The lowest BCUT2D eigenvalue weighted by Crippen LogP contribution is -2.11. The van der Waals surface area contributed by atoms with Gasteiger partial charge in [0.2, 0.25) is 0 Å². The van der Waals surface area contributed by atoms with E-state index in [0.29, 0.717) is 5.82 Å². The van der Waals surface area contributed by atoms with Crippen LogP contribution in [-0.2, 0) is 4.74 Å². The number of halogens is 1. The smallest absolute Gasteiger partial charge is 0.358 e. The molecule has 0 unspecified atom stereocenters. The van der Waals surface area contributed by atoms with Crippen molar-refractivity contribution in [1.29, 1.82) is 0 Å². The monoisotopic (exact) mass is 305 g/mol. The molecule has 0 bridgehead atoms. The highest BCUT2D eigenvalue weighted by Crippen LogP contribution is 2.23. The van der Waals surface area contributed by atoms with Crippen LogP contribution in [0.15, 0.2) is 30.3 Å². The minimum absolute atomic E-state index is 0.121. The van der Waals surface area contributed by atoms with Gasteiger partial charge in [-0.3, -0.25) is 0 Å². The number of hydrogen-bond donors (Lipinski definition) is 1. The fourth-order valence-electron chi connectivity index (χ4n) is 1.88. The topological polar surface area (TPSA) is 73.3 Å². The molecule has 0 aliphatic heterocycles. The van der Waals surface area contributed by atoms with E-state index in [9.17, 15) is 9.18 Å². The summed E-state index contributed by atoms with van der Waals surface area (Å²) in [5.41, 5.74) is 0.855. The highest BCUT2D eigenvalue weighted by Gasteiger charge is 2.12. The van der Waals surface area contributed by atoms with Gasteiger partial charge in [-0.15, -0.1) is 10.2 Å². The van der Waals surface area contributed by atoms with Gasteiger partial charge < -0.3 is 14.8 Å². The molecule has 1 N–H and O–H groups in total. The predicted molar refractivity (Wildman–Crippen MR) is 78.4 cm³/mol. The molecule has 2 aromatic rings. The van der Waals surface area contributed by atoms with Crippen molar-refractivity contribution in [2.75, 3.05) is 19.5 Å². The Labute approximate surface area is 127 Å². The Morgan fingerprint density at radius 3 is 2.55 bits per heavy atom. The molecule has 7 heteroatoms. The van der Waals surface area contributed by atoms with Gasteiger partial charge in [-0.25, -0.2) is 9.18 Å². The number of esters is 1. The molecule has 1 aromatic heterocycles. The van der Waals surface area contributed by atoms with E-state index in [1.54, 1.807) is 18.2 Å². The number of rotatable bonds is 5. The molecule has 2 rings (SSSR count). The van der Waals surface area contributed by atoms with Gasteiger partial charge in [0.15, 0.2) is 17.3 Å². The standard InChI is InChI=1S/C15H16FN3O3/c1-9(10-4-6-13(21-2)11(16)8-10)17-14-7-5-12(18-19-14)15(20)22-3/h4-9H,1-3H3,(H,17,19)/t9-/m1/s1. The van der Waals surface area contributed by atoms with Crippen LogP contribution in [0.2, 0.25) is 0 Å². The molecule has 0 amide bonds. The SMILES string of the molecule is COC(=O)c1ccc(N[C@H](C)c2ccc(OC)c(F)c2)nn1. The van der Waals surface area contributed by atoms with Gasteiger partial charge in [0.05, 0.1) is 20.3 Å². The zero-order valence-corrected chi connectivity index (χ0v) is 12.5. The summed E-state index contributed by atoms with van der Waals surface area (Å²) in [7, 11) is 2.69. The lowest BCUT2D eigenvalue weighted by Gasteiger charge is -2.15. The number of anilines is 1. The molecule has 6 nitrogen and oxygen atoms in total. The molecule has 0 saturated heterocycles. The lowest BCUT2D eigenvalue weighted by atomic mass is 10.1. The molecule has 0 aliphatic carbocycles. The largest absolute Gasteiger partial charge is 0.494 e. The number of methoxy groups -OCH3 is 2. The van der Waals surface area contributed by atoms with Gasteiger partial charge in [0.25, 0.3) is 0 Å². The van der Waals surface area contributed by atoms with Crippen molar-refractivity contribution in [1.82, 2.24) is 10.2 Å². The summed E-state index contributed by atoms with van der Waals surface area (Å²) in [6.07, 6.45) is 0. The average Bonchev–Trinajstić information content (AvgIpc) is 2.54. The van der Waals surface area contributed by atoms with Gasteiger partial charge >= 0.3 is 5.97 Å². The van der Waals surface area contributed by atoms with Crippen LogP contribution in [0.4, 0.5) is 10.2 Å². The van der Waals surface area contributed by atoms with Crippen molar-refractivity contribution < 1.29 is 18.7 Å². The quantitative estimate of drug-likeness (QED) is 0.856. The highest BCUT2D eigenvalue weighted by molar-refractivity contribution is 5.86. The second kappa shape index (κ2) is 6.84. The Morgan fingerprint density at radius 2 is 2.00 bits per heavy atom. The van der Waals surface area contributed by atoms with E-state index in [4.69, 9.17) is 4.74 Å². The molecule has 1 atom stereocenters. The van der Waals surface area contributed by atoms with E-state index in [2.05, 4.69) is 20.3 Å². The van der Waals surface area contributed by atoms with Crippen molar-refractivity contribution in [3.8, 4) is 5.75 Å². The Balaban J connectivity index is 2.09. The lowest BCUT2D eigenvalue weighted by molar-refractivity contribution is 0.0593. The van der Waals surface area contributed by atoms with Crippen LogP contribution >= 0.6 is 0 Å². The van der Waals surface area contributed by atoms with E-state index in [1.165, 1.54) is 26.4 Å². The third kappa shape index (κ3) is 3.49. The number of nitrogens with one attached hydrogen (secondary N) is 1. The molecular formula is C15H16FN3O3. The van der Waals surface area contributed by atoms with E-state index < -0.39 is 11.8 Å². The molecule has 0 fully saturated rings. The Bertz CT molecular complexity index is 662. The summed E-state index contributed by atoms with van der Waals surface area (Å²) in [6.45, 7) is 1.86. The number of nitrogens with zero attached hydrogens (tertiary/aromatic N) is 2. The first-order valence-electron chi connectivity index (χ1n) is 6.57. The highest BCUT2D eigenvalue weighted by atomic mass is 19.1. The van der Waals surface area contributed by atoms with E-state index >= 15 is 0 Å². The van der Waals surface area contributed by atoms with Crippen LogP contribution in [0.5, 0.6) is 5.75 Å². The fraction of sp³-hybridized carbons (Fsp3) is 0.267. The van der Waals surface area contributed by atoms with Gasteiger partial charge in [-0.05, 0) is 36.8 Å². The molecular weight excluding hydrogens is 289 g/mol. The third-order valence-electron chi connectivity index (χ3n) is 3.10. The molecule has 0 saturated carbocycles. The molecule has 0 spiro atoms. The van der Waals surface area contributed by atoms with Crippen LogP contribution in [0.1, 0.15) is 29.0 Å². The zero-order chi connectivity index (χ0) is 16.1. The van der Waals surface area contributed by atoms with Crippen molar-refractivity contribution in [2.45, 2.75) is 13.0 Å². The number of hydrogen-bond acceptors (Lipinski definition) is 6. The molecule has 1 heterocycles. The van der Waals surface area contributed by atoms with Crippen molar-refractivity contribution in [3.63, 3.8) is 0 Å². The summed E-state index contributed by atoms with van der Waals surface area (Å²) in [5, 5.41) is 10.7. The van der Waals surface area contributed by atoms with Crippen LogP contribution in [-0.4, -0.2) is 30.4 Å². The normalized spacial score (nSPS) is 11.6. The number of ether oxygens (including phenoxy) is 2. The predicted octanol–water partition coefficient (Wildman–Crippen LogP) is 2.58. The number of carbonyl (C=O) groups is 1. The van der Waals surface area contributed by atoms with E-state index in [1.807, 2.05) is 6.92 Å². The molecule has 0 radical (unpaired) electrons. The second-order valence-electron chi connectivity index (χ2n) is 4.56. The summed E-state index contributed by atoms with van der Waals surface area (Å²) < 4.78 is 23.1. The maximum Gasteiger partial charge on any atom is 0.358 e.